The SMILES string of the molecule is CCCC1=Nc2ccccc2CN(c2ccc(Cl)cc2)N1. The molecule has 0 saturated heterocycles. The van der Waals surface area contributed by atoms with Crippen LogP contribution in [0.3, 0.4) is 0 Å². The van der Waals surface area contributed by atoms with Gasteiger partial charge in [0.05, 0.1) is 17.9 Å². The van der Waals surface area contributed by atoms with Crippen molar-refractivity contribution in [2.75, 3.05) is 5.01 Å². The predicted octanol–water partition coefficient (Wildman–Crippen LogP) is 4.69. The van der Waals surface area contributed by atoms with Crippen LogP contribution in [0.2, 0.25) is 5.02 Å². The van der Waals surface area contributed by atoms with Crippen molar-refractivity contribution < 1.29 is 0 Å². The molecule has 0 radical (unpaired) electrons. The van der Waals surface area contributed by atoms with Crippen molar-refractivity contribution in [1.82, 2.24) is 5.43 Å². The Labute approximate surface area is 130 Å². The van der Waals surface area contributed by atoms with Gasteiger partial charge in [0, 0.05) is 11.4 Å². The van der Waals surface area contributed by atoms with Crippen molar-refractivity contribution >= 4 is 28.8 Å². The molecule has 2 aromatic rings. The minimum atomic E-state index is 0.747. The molecule has 0 bridgehead atoms. The molecule has 21 heavy (non-hydrogen) atoms. The van der Waals surface area contributed by atoms with Gasteiger partial charge in [0.1, 0.15) is 5.84 Å². The van der Waals surface area contributed by atoms with Gasteiger partial charge in [-0.2, -0.15) is 0 Å². The number of hydrogen-bond donors (Lipinski definition) is 1. The van der Waals surface area contributed by atoms with Gasteiger partial charge in [-0.1, -0.05) is 36.7 Å². The maximum Gasteiger partial charge on any atom is 0.121 e. The highest BCUT2D eigenvalue weighted by molar-refractivity contribution is 6.30. The summed E-state index contributed by atoms with van der Waals surface area (Å²) < 4.78 is 0. The number of nitrogens with one attached hydrogen (secondary N) is 1. The zero-order valence-corrected chi connectivity index (χ0v) is 12.8. The van der Waals surface area contributed by atoms with Crippen LogP contribution in [-0.2, 0) is 6.54 Å². The predicted molar refractivity (Wildman–Crippen MR) is 89.2 cm³/mol. The Morgan fingerprint density at radius 3 is 2.67 bits per heavy atom. The highest BCUT2D eigenvalue weighted by Gasteiger charge is 2.16. The second-order valence-corrected chi connectivity index (χ2v) is 5.55. The molecule has 1 aliphatic heterocycles. The standard InChI is InChI=1S/C17H18ClN3/c1-2-5-17-19-16-7-4-3-6-13(16)12-21(20-17)15-10-8-14(18)9-11-15/h3-4,6-11H,2,5,12H2,1H3,(H,19,20). The Kier molecular flexibility index (Phi) is 4.11. The summed E-state index contributed by atoms with van der Waals surface area (Å²) in [5.41, 5.74) is 6.78. The third-order valence-electron chi connectivity index (χ3n) is 3.46. The fourth-order valence-electron chi connectivity index (χ4n) is 2.42. The normalized spacial score (nSPS) is 14.0. The van der Waals surface area contributed by atoms with Crippen molar-refractivity contribution in [3.05, 3.63) is 59.1 Å². The smallest absolute Gasteiger partial charge is 0.121 e. The van der Waals surface area contributed by atoms with Gasteiger partial charge in [0.25, 0.3) is 0 Å². The van der Waals surface area contributed by atoms with E-state index in [4.69, 9.17) is 16.6 Å². The van der Waals surface area contributed by atoms with Crippen molar-refractivity contribution in [2.45, 2.75) is 26.3 Å². The fraction of sp³-hybridized carbons (Fsp3) is 0.235. The molecular weight excluding hydrogens is 282 g/mol. The lowest BCUT2D eigenvalue weighted by Gasteiger charge is -2.25. The average Bonchev–Trinajstić information content (AvgIpc) is 2.67. The number of hydrogen-bond acceptors (Lipinski definition) is 3. The molecule has 0 atom stereocenters. The largest absolute Gasteiger partial charge is 0.285 e. The van der Waals surface area contributed by atoms with Crippen molar-refractivity contribution in [1.29, 1.82) is 0 Å². The number of rotatable bonds is 3. The van der Waals surface area contributed by atoms with Crippen LogP contribution >= 0.6 is 11.6 Å². The van der Waals surface area contributed by atoms with Gasteiger partial charge in [-0.3, -0.25) is 10.4 Å². The van der Waals surface area contributed by atoms with Gasteiger partial charge in [0.15, 0.2) is 0 Å². The lowest BCUT2D eigenvalue weighted by atomic mass is 10.1. The third-order valence-corrected chi connectivity index (χ3v) is 3.72. The molecule has 4 heteroatoms. The maximum absolute atomic E-state index is 5.98. The van der Waals surface area contributed by atoms with Crippen molar-refractivity contribution in [3.8, 4) is 0 Å². The van der Waals surface area contributed by atoms with E-state index in [-0.39, 0.29) is 0 Å². The average molecular weight is 300 g/mol. The lowest BCUT2D eigenvalue weighted by Crippen LogP contribution is -2.40. The van der Waals surface area contributed by atoms with E-state index >= 15 is 0 Å². The number of benzene rings is 2. The van der Waals surface area contributed by atoms with E-state index in [0.717, 1.165) is 41.6 Å². The van der Waals surface area contributed by atoms with Crippen LogP contribution < -0.4 is 10.4 Å². The lowest BCUT2D eigenvalue weighted by molar-refractivity contribution is 0.756. The highest BCUT2D eigenvalue weighted by atomic mass is 35.5. The first-order valence-corrected chi connectivity index (χ1v) is 7.59. The summed E-state index contributed by atoms with van der Waals surface area (Å²) in [5, 5.41) is 2.87. The monoisotopic (exact) mass is 299 g/mol. The Bertz CT molecular complexity index is 649. The Hall–Kier alpha value is -2.00. The second-order valence-electron chi connectivity index (χ2n) is 5.11. The number of amidine groups is 1. The van der Waals surface area contributed by atoms with E-state index in [0.29, 0.717) is 0 Å². The number of para-hydroxylation sites is 1. The van der Waals surface area contributed by atoms with Crippen LogP contribution in [0.1, 0.15) is 25.3 Å². The van der Waals surface area contributed by atoms with E-state index in [1.54, 1.807) is 0 Å². The van der Waals surface area contributed by atoms with E-state index in [9.17, 15) is 0 Å². The van der Waals surface area contributed by atoms with Crippen LogP contribution in [0.4, 0.5) is 11.4 Å². The van der Waals surface area contributed by atoms with Gasteiger partial charge < -0.3 is 0 Å². The summed E-state index contributed by atoms with van der Waals surface area (Å²) in [6.45, 7) is 2.93. The molecule has 0 fully saturated rings. The molecule has 3 nitrogen and oxygen atoms in total. The Balaban J connectivity index is 1.97. The summed E-state index contributed by atoms with van der Waals surface area (Å²) in [4.78, 5) is 4.76. The number of aliphatic imine (C=N–C) groups is 1. The summed E-state index contributed by atoms with van der Waals surface area (Å²) >= 11 is 5.98. The summed E-state index contributed by atoms with van der Waals surface area (Å²) in [6.07, 6.45) is 1.99. The molecule has 0 saturated carbocycles. The maximum atomic E-state index is 5.98. The molecule has 2 aromatic carbocycles. The first-order chi connectivity index (χ1) is 10.3. The van der Waals surface area contributed by atoms with E-state index in [2.05, 4.69) is 35.6 Å². The van der Waals surface area contributed by atoms with E-state index in [1.807, 2.05) is 30.3 Å². The van der Waals surface area contributed by atoms with Gasteiger partial charge >= 0.3 is 0 Å². The number of anilines is 1. The number of nitrogens with zero attached hydrogens (tertiary/aromatic N) is 2. The van der Waals surface area contributed by atoms with Crippen LogP contribution in [0, 0.1) is 0 Å². The molecule has 1 aliphatic rings. The minimum absolute atomic E-state index is 0.747. The molecule has 3 rings (SSSR count). The Morgan fingerprint density at radius 1 is 1.14 bits per heavy atom. The summed E-state index contributed by atoms with van der Waals surface area (Å²) in [6, 6.07) is 16.1. The Morgan fingerprint density at radius 2 is 1.90 bits per heavy atom. The highest BCUT2D eigenvalue weighted by Crippen LogP contribution is 2.26. The van der Waals surface area contributed by atoms with Gasteiger partial charge in [-0.15, -0.1) is 0 Å². The molecular formula is C17H18ClN3. The molecule has 0 spiro atoms. The van der Waals surface area contributed by atoms with Crippen molar-refractivity contribution in [3.63, 3.8) is 0 Å². The van der Waals surface area contributed by atoms with Crippen LogP contribution in [0.15, 0.2) is 53.5 Å². The first kappa shape index (κ1) is 14.0. The molecule has 1 N–H and O–H groups in total. The molecule has 0 aliphatic carbocycles. The third kappa shape index (κ3) is 3.19. The van der Waals surface area contributed by atoms with E-state index in [1.165, 1.54) is 5.56 Å². The summed E-state index contributed by atoms with van der Waals surface area (Å²) in [5.74, 6) is 0.998. The van der Waals surface area contributed by atoms with Gasteiger partial charge in [-0.25, -0.2) is 4.99 Å². The molecule has 0 aromatic heterocycles. The number of hydrazine groups is 1. The number of halogens is 1. The van der Waals surface area contributed by atoms with Gasteiger partial charge in [-0.05, 0) is 42.3 Å². The number of fused-ring (bicyclic) bond motifs is 1. The minimum Gasteiger partial charge on any atom is -0.285 e. The first-order valence-electron chi connectivity index (χ1n) is 7.21. The molecule has 1 heterocycles. The topological polar surface area (TPSA) is 27.6 Å². The van der Waals surface area contributed by atoms with Crippen LogP contribution in [0.5, 0.6) is 0 Å². The fourth-order valence-corrected chi connectivity index (χ4v) is 2.54. The molecule has 0 amide bonds. The van der Waals surface area contributed by atoms with Gasteiger partial charge in [0.2, 0.25) is 0 Å². The molecule has 108 valence electrons. The second kappa shape index (κ2) is 6.19. The summed E-state index contributed by atoms with van der Waals surface area (Å²) in [7, 11) is 0. The zero-order valence-electron chi connectivity index (χ0n) is 12.0. The zero-order chi connectivity index (χ0) is 14.7. The quantitative estimate of drug-likeness (QED) is 0.890. The van der Waals surface area contributed by atoms with Crippen LogP contribution in [-0.4, -0.2) is 5.84 Å². The van der Waals surface area contributed by atoms with E-state index < -0.39 is 0 Å². The van der Waals surface area contributed by atoms with Crippen LogP contribution in [0.25, 0.3) is 0 Å². The molecule has 0 unspecified atom stereocenters. The van der Waals surface area contributed by atoms with Crippen molar-refractivity contribution in [2.24, 2.45) is 4.99 Å².